The Balaban J connectivity index is 2.17. The monoisotopic (exact) mass is 656 g/mol. The molecule has 2 rings (SSSR count). The van der Waals surface area contributed by atoms with Gasteiger partial charge in [0.2, 0.25) is 5.91 Å². The number of carboxylic acids is 1. The zero-order chi connectivity index (χ0) is 24.0. The van der Waals surface area contributed by atoms with Crippen molar-refractivity contribution in [2.24, 2.45) is 5.92 Å². The van der Waals surface area contributed by atoms with E-state index in [0.717, 1.165) is 16.7 Å². The lowest BCUT2D eigenvalue weighted by atomic mass is 10.1. The molecule has 1 amide bonds. The number of nitrogens with zero attached hydrogens (tertiary/aromatic N) is 1. The first-order valence-corrected chi connectivity index (χ1v) is 12.9. The number of ether oxygens (including phenoxy) is 1. The molecular formula is C22H24BrCl2IN2O4. The van der Waals surface area contributed by atoms with Crippen molar-refractivity contribution in [3.8, 4) is 11.5 Å². The van der Waals surface area contributed by atoms with E-state index < -0.39 is 12.0 Å². The number of aliphatic carboxylic acids is 1. The Morgan fingerprint density at radius 1 is 1.19 bits per heavy atom. The third-order valence-corrected chi connectivity index (χ3v) is 6.50. The van der Waals surface area contributed by atoms with Gasteiger partial charge in [-0.15, -0.1) is 0 Å². The molecule has 0 spiro atoms. The third-order valence-electron chi connectivity index (χ3n) is 4.55. The van der Waals surface area contributed by atoms with Crippen LogP contribution >= 0.6 is 61.7 Å². The molecule has 174 valence electrons. The summed E-state index contributed by atoms with van der Waals surface area (Å²) in [4.78, 5) is 25.1. The highest BCUT2D eigenvalue weighted by molar-refractivity contribution is 14.1. The van der Waals surface area contributed by atoms with Crippen molar-refractivity contribution in [3.05, 3.63) is 50.4 Å². The molecule has 2 N–H and O–H groups in total. The number of carboxylic acid groups (broad SMARTS) is 1. The lowest BCUT2D eigenvalue weighted by Gasteiger charge is -2.24. The van der Waals surface area contributed by atoms with E-state index in [0.29, 0.717) is 17.2 Å². The molecule has 10 heteroatoms. The summed E-state index contributed by atoms with van der Waals surface area (Å²) in [6.07, 6.45) is -0.0257. The molecule has 0 heterocycles. The van der Waals surface area contributed by atoms with Gasteiger partial charge in [0.1, 0.15) is 11.8 Å². The SMILES string of the molecule is CC(C)CNc1ccc(Oc2c(Cl)cc(CC(=O)N(CI)C(C)C(=O)O)cc2Cl)cc1Br. The number of hydrogen-bond donors (Lipinski definition) is 2. The predicted molar refractivity (Wildman–Crippen MR) is 141 cm³/mol. The molecule has 2 aromatic carbocycles. The highest BCUT2D eigenvalue weighted by Gasteiger charge is 2.25. The number of benzene rings is 2. The van der Waals surface area contributed by atoms with E-state index in [1.807, 2.05) is 40.8 Å². The fourth-order valence-corrected chi connectivity index (χ4v) is 4.82. The van der Waals surface area contributed by atoms with Crippen molar-refractivity contribution < 1.29 is 19.4 Å². The Hall–Kier alpha value is -1.23. The molecule has 0 aromatic heterocycles. The number of halogens is 4. The van der Waals surface area contributed by atoms with Gasteiger partial charge in [0, 0.05) is 16.7 Å². The molecule has 2 aromatic rings. The van der Waals surface area contributed by atoms with Crippen molar-refractivity contribution in [2.45, 2.75) is 33.2 Å². The Bertz CT molecular complexity index is 967. The molecule has 0 saturated carbocycles. The van der Waals surface area contributed by atoms with E-state index in [4.69, 9.17) is 27.9 Å². The molecule has 0 aliphatic heterocycles. The third kappa shape index (κ3) is 7.40. The highest BCUT2D eigenvalue weighted by Crippen LogP contribution is 2.39. The number of carbonyl (C=O) groups is 2. The molecule has 1 atom stereocenters. The molecule has 1 unspecified atom stereocenters. The largest absolute Gasteiger partial charge is 0.480 e. The van der Waals surface area contributed by atoms with Crippen molar-refractivity contribution in [1.82, 2.24) is 4.90 Å². The average molecular weight is 658 g/mol. The minimum Gasteiger partial charge on any atom is -0.480 e. The topological polar surface area (TPSA) is 78.9 Å². The van der Waals surface area contributed by atoms with Crippen LogP contribution in [0.5, 0.6) is 11.5 Å². The summed E-state index contributed by atoms with van der Waals surface area (Å²) in [6.45, 7) is 6.58. The first-order chi connectivity index (χ1) is 15.0. The van der Waals surface area contributed by atoms with Crippen LogP contribution in [0.1, 0.15) is 26.3 Å². The number of anilines is 1. The second-order valence-electron chi connectivity index (χ2n) is 7.58. The summed E-state index contributed by atoms with van der Waals surface area (Å²) in [5, 5.41) is 13.1. The van der Waals surface area contributed by atoms with E-state index >= 15 is 0 Å². The molecule has 32 heavy (non-hydrogen) atoms. The van der Waals surface area contributed by atoms with Gasteiger partial charge in [0.05, 0.1) is 21.0 Å². The van der Waals surface area contributed by atoms with E-state index in [-0.39, 0.29) is 32.7 Å². The first-order valence-electron chi connectivity index (χ1n) is 9.80. The highest BCUT2D eigenvalue weighted by atomic mass is 127. The van der Waals surface area contributed by atoms with E-state index in [2.05, 4.69) is 35.1 Å². The van der Waals surface area contributed by atoms with Gasteiger partial charge in [-0.05, 0) is 64.7 Å². The lowest BCUT2D eigenvalue weighted by molar-refractivity contribution is -0.148. The van der Waals surface area contributed by atoms with Crippen LogP contribution in [0.4, 0.5) is 5.69 Å². The fraction of sp³-hybridized carbons (Fsp3) is 0.364. The van der Waals surface area contributed by atoms with E-state index in [1.54, 1.807) is 12.1 Å². The van der Waals surface area contributed by atoms with Crippen molar-refractivity contribution in [2.75, 3.05) is 16.4 Å². The van der Waals surface area contributed by atoms with Crippen molar-refractivity contribution >= 4 is 79.3 Å². The van der Waals surface area contributed by atoms with Gasteiger partial charge in [-0.3, -0.25) is 4.79 Å². The number of alkyl halides is 1. The van der Waals surface area contributed by atoms with Gasteiger partial charge in [-0.2, -0.15) is 0 Å². The van der Waals surface area contributed by atoms with Gasteiger partial charge in [-0.25, -0.2) is 4.79 Å². The maximum absolute atomic E-state index is 12.6. The van der Waals surface area contributed by atoms with Crippen LogP contribution in [0.2, 0.25) is 10.0 Å². The lowest BCUT2D eigenvalue weighted by Crippen LogP contribution is -2.43. The standard InChI is InChI=1S/C22H24BrCl2IN2O4/c1-12(2)10-27-19-5-4-15(9-16(19)23)32-21-17(24)6-14(7-18(21)25)8-20(29)28(11-26)13(3)22(30)31/h4-7,9,12-13,27H,8,10-11H2,1-3H3,(H,30,31). The summed E-state index contributed by atoms with van der Waals surface area (Å²) >= 11 is 18.3. The summed E-state index contributed by atoms with van der Waals surface area (Å²) < 4.78 is 7.00. The van der Waals surface area contributed by atoms with Crippen molar-refractivity contribution in [3.63, 3.8) is 0 Å². The van der Waals surface area contributed by atoms with Gasteiger partial charge in [0.15, 0.2) is 5.75 Å². The van der Waals surface area contributed by atoms with Crippen LogP contribution in [-0.4, -0.2) is 39.0 Å². The van der Waals surface area contributed by atoms with Crippen LogP contribution in [-0.2, 0) is 16.0 Å². The zero-order valence-electron chi connectivity index (χ0n) is 17.8. The second-order valence-corrected chi connectivity index (χ2v) is 9.93. The normalized spacial score (nSPS) is 11.9. The molecule has 0 radical (unpaired) electrons. The Morgan fingerprint density at radius 2 is 1.81 bits per heavy atom. The summed E-state index contributed by atoms with van der Waals surface area (Å²) in [5.74, 6) is -0.0537. The molecule has 0 aliphatic rings. The van der Waals surface area contributed by atoms with Crippen LogP contribution in [0.15, 0.2) is 34.8 Å². The quantitative estimate of drug-likeness (QED) is 0.166. The Morgan fingerprint density at radius 3 is 2.31 bits per heavy atom. The van der Waals surface area contributed by atoms with Crippen LogP contribution < -0.4 is 10.1 Å². The van der Waals surface area contributed by atoms with Gasteiger partial charge >= 0.3 is 5.97 Å². The molecule has 6 nitrogen and oxygen atoms in total. The Kier molecular flexibility index (Phi) is 10.4. The van der Waals surface area contributed by atoms with Crippen molar-refractivity contribution in [1.29, 1.82) is 0 Å². The smallest absolute Gasteiger partial charge is 0.326 e. The van der Waals surface area contributed by atoms with Gasteiger partial charge in [-0.1, -0.05) is 59.6 Å². The second kappa shape index (κ2) is 12.3. The number of hydrogen-bond acceptors (Lipinski definition) is 4. The van der Waals surface area contributed by atoms with E-state index in [1.165, 1.54) is 11.8 Å². The number of amides is 1. The Labute approximate surface area is 219 Å². The van der Waals surface area contributed by atoms with Crippen LogP contribution in [0, 0.1) is 5.92 Å². The number of rotatable bonds is 10. The summed E-state index contributed by atoms with van der Waals surface area (Å²) in [7, 11) is 0. The molecule has 0 saturated heterocycles. The minimum absolute atomic E-state index is 0.0257. The average Bonchev–Trinajstić information content (AvgIpc) is 2.70. The maximum Gasteiger partial charge on any atom is 0.326 e. The van der Waals surface area contributed by atoms with E-state index in [9.17, 15) is 14.7 Å². The number of nitrogens with one attached hydrogen (secondary N) is 1. The first kappa shape index (κ1) is 27.0. The maximum atomic E-state index is 12.6. The molecule has 0 fully saturated rings. The fourth-order valence-electron chi connectivity index (χ4n) is 2.74. The molecular weight excluding hydrogens is 634 g/mol. The number of carbonyl (C=O) groups excluding carboxylic acids is 1. The predicted octanol–water partition coefficient (Wildman–Crippen LogP) is 6.85. The zero-order valence-corrected chi connectivity index (χ0v) is 23.0. The molecule has 0 bridgehead atoms. The van der Waals surface area contributed by atoms with Gasteiger partial charge < -0.3 is 20.1 Å². The van der Waals surface area contributed by atoms with Crippen LogP contribution in [0.25, 0.3) is 0 Å². The molecule has 0 aliphatic carbocycles. The summed E-state index contributed by atoms with van der Waals surface area (Å²) in [5.41, 5.74) is 1.52. The summed E-state index contributed by atoms with van der Waals surface area (Å²) in [6, 6.07) is 7.81. The van der Waals surface area contributed by atoms with Crippen LogP contribution in [0.3, 0.4) is 0 Å². The minimum atomic E-state index is -1.06. The van der Waals surface area contributed by atoms with Gasteiger partial charge in [0.25, 0.3) is 0 Å².